The summed E-state index contributed by atoms with van der Waals surface area (Å²) in [6, 6.07) is -0.538. The average Bonchev–Trinajstić information content (AvgIpc) is 2.58. The molecule has 15 heavy (non-hydrogen) atoms. The number of rotatable bonds is 0. The standard InChI is InChI=1S/C10H16N2O3/c1-10(2,3)11-9(14)12-5-6-4-7(12)8(13)15-6/h6-7H,4-5H2,1-3H3,(H,11,14)/t6-,7+/m1/s1. The molecule has 2 aliphatic heterocycles. The van der Waals surface area contributed by atoms with Crippen molar-refractivity contribution in [3.8, 4) is 0 Å². The smallest absolute Gasteiger partial charge is 0.329 e. The highest BCUT2D eigenvalue weighted by molar-refractivity contribution is 5.86. The molecule has 2 fully saturated rings. The molecule has 5 heteroatoms. The third-order valence-electron chi connectivity index (χ3n) is 2.56. The van der Waals surface area contributed by atoms with Crippen LogP contribution in [0.1, 0.15) is 27.2 Å². The van der Waals surface area contributed by atoms with Gasteiger partial charge in [0.1, 0.15) is 12.1 Å². The third kappa shape index (κ3) is 1.91. The van der Waals surface area contributed by atoms with Crippen LogP contribution in [0.2, 0.25) is 0 Å². The summed E-state index contributed by atoms with van der Waals surface area (Å²) in [6.07, 6.45) is 0.560. The highest BCUT2D eigenvalue weighted by atomic mass is 16.6. The number of carbonyl (C=O) groups is 2. The molecule has 2 amide bonds. The Morgan fingerprint density at radius 1 is 1.53 bits per heavy atom. The van der Waals surface area contributed by atoms with Crippen molar-refractivity contribution in [2.45, 2.75) is 44.9 Å². The van der Waals surface area contributed by atoms with E-state index in [2.05, 4.69) is 5.32 Å². The minimum Gasteiger partial charge on any atom is -0.459 e. The van der Waals surface area contributed by atoms with E-state index in [9.17, 15) is 9.59 Å². The predicted molar refractivity (Wildman–Crippen MR) is 53.3 cm³/mol. The number of hydrogen-bond donors (Lipinski definition) is 1. The Bertz CT molecular complexity index is 308. The van der Waals surface area contributed by atoms with Gasteiger partial charge in [-0.2, -0.15) is 0 Å². The Labute approximate surface area is 88.8 Å². The first kappa shape index (κ1) is 10.3. The van der Waals surface area contributed by atoms with Crippen molar-refractivity contribution in [2.24, 2.45) is 0 Å². The lowest BCUT2D eigenvalue weighted by molar-refractivity contribution is -0.149. The normalized spacial score (nSPS) is 29.3. The van der Waals surface area contributed by atoms with E-state index in [1.165, 1.54) is 0 Å². The van der Waals surface area contributed by atoms with Gasteiger partial charge in [-0.25, -0.2) is 9.59 Å². The van der Waals surface area contributed by atoms with E-state index in [0.717, 1.165) is 0 Å². The number of carbonyl (C=O) groups excluding carboxylic acids is 2. The number of fused-ring (bicyclic) bond motifs is 2. The summed E-state index contributed by atoms with van der Waals surface area (Å²) in [4.78, 5) is 24.6. The molecule has 0 aromatic rings. The summed E-state index contributed by atoms with van der Waals surface area (Å²) in [5.74, 6) is -0.268. The van der Waals surface area contributed by atoms with Gasteiger partial charge in [-0.3, -0.25) is 0 Å². The number of urea groups is 1. The van der Waals surface area contributed by atoms with Crippen LogP contribution in [0.4, 0.5) is 4.79 Å². The summed E-state index contributed by atoms with van der Waals surface area (Å²) in [5, 5.41) is 2.85. The van der Waals surface area contributed by atoms with Gasteiger partial charge in [-0.05, 0) is 20.8 Å². The lowest BCUT2D eigenvalue weighted by Crippen LogP contribution is -2.53. The second-order valence-corrected chi connectivity index (χ2v) is 5.14. The zero-order valence-corrected chi connectivity index (χ0v) is 9.24. The highest BCUT2D eigenvalue weighted by Gasteiger charge is 2.48. The number of ether oxygens (including phenoxy) is 1. The number of hydrogen-bond acceptors (Lipinski definition) is 3. The number of morpholine rings is 1. The van der Waals surface area contributed by atoms with Gasteiger partial charge in [0.05, 0.1) is 6.54 Å². The molecule has 1 N–H and O–H groups in total. The first-order valence-electron chi connectivity index (χ1n) is 5.16. The molecule has 2 bridgehead atoms. The quantitative estimate of drug-likeness (QED) is 0.595. The van der Waals surface area contributed by atoms with Gasteiger partial charge in [0, 0.05) is 12.0 Å². The van der Waals surface area contributed by atoms with E-state index in [0.29, 0.717) is 13.0 Å². The predicted octanol–water partition coefficient (Wildman–Crippen LogP) is 0.494. The Morgan fingerprint density at radius 3 is 2.67 bits per heavy atom. The van der Waals surface area contributed by atoms with E-state index >= 15 is 0 Å². The lowest BCUT2D eigenvalue weighted by atomic mass is 10.1. The molecule has 2 saturated heterocycles. The fourth-order valence-electron chi connectivity index (χ4n) is 1.97. The van der Waals surface area contributed by atoms with Crippen LogP contribution >= 0.6 is 0 Å². The van der Waals surface area contributed by atoms with E-state index in [1.54, 1.807) is 4.90 Å². The van der Waals surface area contributed by atoms with Crippen LogP contribution < -0.4 is 5.32 Å². The number of esters is 1. The Balaban J connectivity index is 2.01. The van der Waals surface area contributed by atoms with Crippen molar-refractivity contribution in [1.82, 2.24) is 10.2 Å². The molecule has 0 aromatic carbocycles. The minimum absolute atomic E-state index is 0.0896. The van der Waals surface area contributed by atoms with E-state index < -0.39 is 0 Å². The van der Waals surface area contributed by atoms with Crippen LogP contribution in [-0.4, -0.2) is 41.1 Å². The van der Waals surface area contributed by atoms with Gasteiger partial charge in [0.2, 0.25) is 0 Å². The monoisotopic (exact) mass is 212 g/mol. The van der Waals surface area contributed by atoms with Gasteiger partial charge in [-0.15, -0.1) is 0 Å². The van der Waals surface area contributed by atoms with Crippen LogP contribution in [0.3, 0.4) is 0 Å². The molecular formula is C10H16N2O3. The second kappa shape index (κ2) is 3.12. The van der Waals surface area contributed by atoms with E-state index in [4.69, 9.17) is 4.74 Å². The van der Waals surface area contributed by atoms with Crippen LogP contribution in [0.15, 0.2) is 0 Å². The molecule has 2 rings (SSSR count). The van der Waals surface area contributed by atoms with Crippen LogP contribution in [0.5, 0.6) is 0 Å². The zero-order chi connectivity index (χ0) is 11.2. The van der Waals surface area contributed by atoms with Crippen molar-refractivity contribution in [3.63, 3.8) is 0 Å². The van der Waals surface area contributed by atoms with Crippen molar-refractivity contribution in [3.05, 3.63) is 0 Å². The maximum absolute atomic E-state index is 11.8. The fraction of sp³-hybridized carbons (Fsp3) is 0.800. The van der Waals surface area contributed by atoms with Crippen LogP contribution in [0.25, 0.3) is 0 Å². The molecule has 0 spiro atoms. The molecule has 2 heterocycles. The summed E-state index contributed by atoms with van der Waals surface area (Å²) in [5.41, 5.74) is -0.275. The van der Waals surface area contributed by atoms with Crippen LogP contribution in [0, 0.1) is 0 Å². The first-order valence-corrected chi connectivity index (χ1v) is 5.16. The Kier molecular flexibility index (Phi) is 2.13. The van der Waals surface area contributed by atoms with Gasteiger partial charge in [0.25, 0.3) is 0 Å². The highest BCUT2D eigenvalue weighted by Crippen LogP contribution is 2.29. The van der Waals surface area contributed by atoms with Crippen molar-refractivity contribution in [2.75, 3.05) is 6.54 Å². The van der Waals surface area contributed by atoms with Gasteiger partial charge < -0.3 is 15.0 Å². The maximum atomic E-state index is 11.8. The summed E-state index contributed by atoms with van der Waals surface area (Å²) < 4.78 is 5.01. The lowest BCUT2D eigenvalue weighted by Gasteiger charge is -2.30. The van der Waals surface area contributed by atoms with E-state index in [1.807, 2.05) is 20.8 Å². The third-order valence-corrected chi connectivity index (χ3v) is 2.56. The fourth-order valence-corrected chi connectivity index (χ4v) is 1.97. The Hall–Kier alpha value is -1.26. The van der Waals surface area contributed by atoms with Gasteiger partial charge in [0.15, 0.2) is 0 Å². The Morgan fingerprint density at radius 2 is 2.20 bits per heavy atom. The molecule has 5 nitrogen and oxygen atoms in total. The topological polar surface area (TPSA) is 58.6 Å². The average molecular weight is 212 g/mol. The molecule has 2 atom stereocenters. The second-order valence-electron chi connectivity index (χ2n) is 5.14. The molecule has 0 radical (unpaired) electrons. The number of nitrogens with zero attached hydrogens (tertiary/aromatic N) is 1. The number of nitrogens with one attached hydrogen (secondary N) is 1. The largest absolute Gasteiger partial charge is 0.459 e. The van der Waals surface area contributed by atoms with Crippen LogP contribution in [-0.2, 0) is 9.53 Å². The van der Waals surface area contributed by atoms with E-state index in [-0.39, 0.29) is 29.7 Å². The van der Waals surface area contributed by atoms with Gasteiger partial charge >= 0.3 is 12.0 Å². The molecule has 0 aromatic heterocycles. The van der Waals surface area contributed by atoms with Crippen molar-refractivity contribution >= 4 is 12.0 Å². The molecule has 0 aliphatic carbocycles. The molecule has 0 unspecified atom stereocenters. The molecule has 84 valence electrons. The van der Waals surface area contributed by atoms with Gasteiger partial charge in [-0.1, -0.05) is 0 Å². The maximum Gasteiger partial charge on any atom is 0.329 e. The summed E-state index contributed by atoms with van der Waals surface area (Å²) in [7, 11) is 0. The summed E-state index contributed by atoms with van der Waals surface area (Å²) in [6.45, 7) is 6.27. The minimum atomic E-state index is -0.364. The number of likely N-dealkylation sites (tertiary alicyclic amines) is 1. The zero-order valence-electron chi connectivity index (χ0n) is 9.24. The molecule has 0 saturated carbocycles. The molecule has 2 aliphatic rings. The molecular weight excluding hydrogens is 196 g/mol. The van der Waals surface area contributed by atoms with Crippen molar-refractivity contribution < 1.29 is 14.3 Å². The number of amides is 2. The summed E-state index contributed by atoms with van der Waals surface area (Å²) >= 11 is 0. The first-order chi connectivity index (χ1) is 6.87. The SMILES string of the molecule is CC(C)(C)NC(=O)N1C[C@H]2C[C@H]1C(=O)O2. The van der Waals surface area contributed by atoms with Crippen molar-refractivity contribution in [1.29, 1.82) is 0 Å².